The molecule has 0 saturated carbocycles. The molecule has 0 aliphatic carbocycles. The number of amides is 1. The van der Waals surface area contributed by atoms with Crippen LogP contribution in [0.15, 0.2) is 36.5 Å². The van der Waals surface area contributed by atoms with Crippen LogP contribution in [0.25, 0.3) is 0 Å². The highest BCUT2D eigenvalue weighted by atomic mass is 16.5. The molecule has 2 rings (SSSR count). The number of carbonyl (C=O) groups is 1. The number of carbonyl (C=O) groups excluding carboxylic acids is 1. The minimum absolute atomic E-state index is 0.0844. The summed E-state index contributed by atoms with van der Waals surface area (Å²) in [5.74, 6) is 1.22. The second-order valence-corrected chi connectivity index (χ2v) is 4.55. The Morgan fingerprint density at radius 1 is 1.14 bits per heavy atom. The summed E-state index contributed by atoms with van der Waals surface area (Å²) in [5, 5.41) is 2.74. The molecule has 0 spiro atoms. The van der Waals surface area contributed by atoms with E-state index >= 15 is 0 Å². The molecular formula is C16H18N2O3. The first-order chi connectivity index (χ1) is 10.1. The monoisotopic (exact) mass is 286 g/mol. The first-order valence-corrected chi connectivity index (χ1v) is 6.56. The molecule has 1 aromatic heterocycles. The predicted octanol–water partition coefficient (Wildman–Crippen LogP) is 2.65. The number of hydrogen-bond acceptors (Lipinski definition) is 4. The van der Waals surface area contributed by atoms with Gasteiger partial charge in [-0.15, -0.1) is 0 Å². The van der Waals surface area contributed by atoms with Gasteiger partial charge in [-0.2, -0.15) is 0 Å². The SMILES string of the molecule is COc1ccnc(Cc2ccc(NC(C)=O)cc2)c1OC. The highest BCUT2D eigenvalue weighted by molar-refractivity contribution is 5.88. The molecular weight excluding hydrogens is 268 g/mol. The molecule has 5 heteroatoms. The lowest BCUT2D eigenvalue weighted by molar-refractivity contribution is -0.114. The van der Waals surface area contributed by atoms with Crippen molar-refractivity contribution in [1.29, 1.82) is 0 Å². The van der Waals surface area contributed by atoms with Crippen LogP contribution in [0, 0.1) is 0 Å². The van der Waals surface area contributed by atoms with Gasteiger partial charge >= 0.3 is 0 Å². The van der Waals surface area contributed by atoms with Crippen molar-refractivity contribution in [1.82, 2.24) is 4.98 Å². The number of anilines is 1. The van der Waals surface area contributed by atoms with Crippen molar-refractivity contribution in [2.45, 2.75) is 13.3 Å². The third-order valence-corrected chi connectivity index (χ3v) is 3.01. The number of benzene rings is 1. The lowest BCUT2D eigenvalue weighted by Crippen LogP contribution is -2.05. The van der Waals surface area contributed by atoms with E-state index in [4.69, 9.17) is 9.47 Å². The molecule has 0 saturated heterocycles. The van der Waals surface area contributed by atoms with Crippen molar-refractivity contribution in [2.24, 2.45) is 0 Å². The zero-order chi connectivity index (χ0) is 15.2. The molecule has 0 fully saturated rings. The summed E-state index contributed by atoms with van der Waals surface area (Å²) >= 11 is 0. The average molecular weight is 286 g/mol. The largest absolute Gasteiger partial charge is 0.493 e. The molecule has 0 unspecified atom stereocenters. The van der Waals surface area contributed by atoms with Gasteiger partial charge in [-0.1, -0.05) is 12.1 Å². The number of pyridine rings is 1. The topological polar surface area (TPSA) is 60.5 Å². The Bertz CT molecular complexity index is 624. The van der Waals surface area contributed by atoms with E-state index in [9.17, 15) is 4.79 Å². The van der Waals surface area contributed by atoms with E-state index in [0.29, 0.717) is 17.9 Å². The van der Waals surface area contributed by atoms with Crippen LogP contribution in [-0.2, 0) is 11.2 Å². The number of aromatic nitrogens is 1. The number of hydrogen-bond donors (Lipinski definition) is 1. The summed E-state index contributed by atoms with van der Waals surface area (Å²) in [7, 11) is 3.20. The summed E-state index contributed by atoms with van der Waals surface area (Å²) in [4.78, 5) is 15.3. The quantitative estimate of drug-likeness (QED) is 0.918. The van der Waals surface area contributed by atoms with Crippen LogP contribution in [-0.4, -0.2) is 25.1 Å². The van der Waals surface area contributed by atoms with E-state index < -0.39 is 0 Å². The van der Waals surface area contributed by atoms with Crippen molar-refractivity contribution >= 4 is 11.6 Å². The molecule has 0 aliphatic rings. The number of nitrogens with zero attached hydrogens (tertiary/aromatic N) is 1. The molecule has 1 N–H and O–H groups in total. The molecule has 110 valence electrons. The van der Waals surface area contributed by atoms with Crippen molar-refractivity contribution in [3.8, 4) is 11.5 Å². The van der Waals surface area contributed by atoms with Crippen molar-refractivity contribution in [3.05, 3.63) is 47.8 Å². The fourth-order valence-electron chi connectivity index (χ4n) is 2.08. The Balaban J connectivity index is 2.20. The van der Waals surface area contributed by atoms with E-state index in [2.05, 4.69) is 10.3 Å². The van der Waals surface area contributed by atoms with E-state index in [1.165, 1.54) is 6.92 Å². The van der Waals surface area contributed by atoms with E-state index in [-0.39, 0.29) is 5.91 Å². The maximum absolute atomic E-state index is 11.0. The van der Waals surface area contributed by atoms with Gasteiger partial charge in [0.2, 0.25) is 5.91 Å². The third kappa shape index (κ3) is 3.72. The summed E-state index contributed by atoms with van der Waals surface area (Å²) in [6.07, 6.45) is 2.32. The Kier molecular flexibility index (Phi) is 4.77. The Morgan fingerprint density at radius 3 is 2.43 bits per heavy atom. The zero-order valence-electron chi connectivity index (χ0n) is 12.3. The molecule has 1 aromatic carbocycles. The van der Waals surface area contributed by atoms with Gasteiger partial charge in [-0.3, -0.25) is 9.78 Å². The normalized spacial score (nSPS) is 10.0. The van der Waals surface area contributed by atoms with E-state index in [0.717, 1.165) is 16.9 Å². The number of nitrogens with one attached hydrogen (secondary N) is 1. The molecule has 1 heterocycles. The van der Waals surface area contributed by atoms with Crippen LogP contribution < -0.4 is 14.8 Å². The van der Waals surface area contributed by atoms with Gasteiger partial charge in [0.15, 0.2) is 11.5 Å². The summed E-state index contributed by atoms with van der Waals surface area (Å²) in [6, 6.07) is 9.40. The van der Waals surface area contributed by atoms with Gasteiger partial charge in [0.25, 0.3) is 0 Å². The highest BCUT2D eigenvalue weighted by Gasteiger charge is 2.11. The molecule has 0 radical (unpaired) electrons. The second-order valence-electron chi connectivity index (χ2n) is 4.55. The maximum atomic E-state index is 11.0. The van der Waals surface area contributed by atoms with Gasteiger partial charge < -0.3 is 14.8 Å². The molecule has 0 atom stereocenters. The highest BCUT2D eigenvalue weighted by Crippen LogP contribution is 2.30. The molecule has 0 bridgehead atoms. The summed E-state index contributed by atoms with van der Waals surface area (Å²) in [5.41, 5.74) is 2.66. The van der Waals surface area contributed by atoms with Gasteiger partial charge in [0.1, 0.15) is 0 Å². The first kappa shape index (κ1) is 14.8. The fraction of sp³-hybridized carbons (Fsp3) is 0.250. The van der Waals surface area contributed by atoms with Gasteiger partial charge in [0, 0.05) is 31.3 Å². The third-order valence-electron chi connectivity index (χ3n) is 3.01. The Labute approximate surface area is 123 Å². The number of rotatable bonds is 5. The standard InChI is InChI=1S/C16H18N2O3/c1-11(19)18-13-6-4-12(5-7-13)10-14-16(21-3)15(20-2)8-9-17-14/h4-9H,10H2,1-3H3,(H,18,19). The van der Waals surface area contributed by atoms with E-state index in [1.807, 2.05) is 24.3 Å². The van der Waals surface area contributed by atoms with Crippen LogP contribution in [0.3, 0.4) is 0 Å². The molecule has 5 nitrogen and oxygen atoms in total. The fourth-order valence-corrected chi connectivity index (χ4v) is 2.08. The van der Waals surface area contributed by atoms with Gasteiger partial charge in [-0.05, 0) is 17.7 Å². The van der Waals surface area contributed by atoms with Crippen LogP contribution in [0.5, 0.6) is 11.5 Å². The Morgan fingerprint density at radius 2 is 1.86 bits per heavy atom. The molecule has 21 heavy (non-hydrogen) atoms. The van der Waals surface area contributed by atoms with Crippen LogP contribution >= 0.6 is 0 Å². The zero-order valence-corrected chi connectivity index (χ0v) is 12.3. The predicted molar refractivity (Wildman–Crippen MR) is 80.9 cm³/mol. The van der Waals surface area contributed by atoms with Crippen molar-refractivity contribution in [2.75, 3.05) is 19.5 Å². The number of methoxy groups -OCH3 is 2. The maximum Gasteiger partial charge on any atom is 0.221 e. The molecule has 1 amide bonds. The summed E-state index contributed by atoms with van der Waals surface area (Å²) in [6.45, 7) is 1.49. The Hall–Kier alpha value is -2.56. The minimum Gasteiger partial charge on any atom is -0.493 e. The van der Waals surface area contributed by atoms with Crippen molar-refractivity contribution in [3.63, 3.8) is 0 Å². The minimum atomic E-state index is -0.0844. The van der Waals surface area contributed by atoms with Gasteiger partial charge in [-0.25, -0.2) is 0 Å². The van der Waals surface area contributed by atoms with Crippen LogP contribution in [0.1, 0.15) is 18.2 Å². The lowest BCUT2D eigenvalue weighted by Gasteiger charge is -2.11. The lowest BCUT2D eigenvalue weighted by atomic mass is 10.1. The van der Waals surface area contributed by atoms with E-state index in [1.54, 1.807) is 26.5 Å². The second kappa shape index (κ2) is 6.74. The van der Waals surface area contributed by atoms with Crippen LogP contribution in [0.2, 0.25) is 0 Å². The average Bonchev–Trinajstić information content (AvgIpc) is 2.48. The summed E-state index contributed by atoms with van der Waals surface area (Å²) < 4.78 is 10.6. The number of ether oxygens (including phenoxy) is 2. The molecule has 2 aromatic rings. The molecule has 0 aliphatic heterocycles. The van der Waals surface area contributed by atoms with Crippen LogP contribution in [0.4, 0.5) is 5.69 Å². The first-order valence-electron chi connectivity index (χ1n) is 6.56. The van der Waals surface area contributed by atoms with Crippen molar-refractivity contribution < 1.29 is 14.3 Å². The van der Waals surface area contributed by atoms with Gasteiger partial charge in [0.05, 0.1) is 19.9 Å². The smallest absolute Gasteiger partial charge is 0.221 e.